The van der Waals surface area contributed by atoms with Gasteiger partial charge in [0.1, 0.15) is 5.75 Å². The van der Waals surface area contributed by atoms with Crippen LogP contribution in [-0.2, 0) is 4.79 Å². The largest absolute Gasteiger partial charge is 0.493 e. The summed E-state index contributed by atoms with van der Waals surface area (Å²) >= 11 is 0. The minimum atomic E-state index is -0.341. The molecule has 0 aliphatic rings. The van der Waals surface area contributed by atoms with Crippen LogP contribution in [0, 0.1) is 13.8 Å². The number of pyridine rings is 1. The molecule has 0 atom stereocenters. The lowest BCUT2D eigenvalue weighted by molar-refractivity contribution is -0.873. The number of nitrogens with zero attached hydrogens (tertiary/aromatic N) is 1. The minimum absolute atomic E-state index is 0.341. The summed E-state index contributed by atoms with van der Waals surface area (Å²) in [5.74, 6) is 0.477. The first kappa shape index (κ1) is 11.5. The average Bonchev–Trinajstić information content (AvgIpc) is 2.17. The van der Waals surface area contributed by atoms with Gasteiger partial charge in [0.05, 0.1) is 12.2 Å². The maximum atomic E-state index is 10.8. The van der Waals surface area contributed by atoms with Crippen LogP contribution in [0.25, 0.3) is 0 Å². The lowest BCUT2D eigenvalue weighted by Crippen LogP contribution is -2.47. The quantitative estimate of drug-likeness (QED) is 0.698. The number of hydrogen-bond acceptors (Lipinski definition) is 3. The first-order chi connectivity index (χ1) is 7.06. The number of carbonyl (C=O) groups excluding carboxylic acids is 1. The molecule has 1 heterocycles. The second-order valence-electron chi connectivity index (χ2n) is 3.23. The van der Waals surface area contributed by atoms with Crippen LogP contribution in [0.15, 0.2) is 12.3 Å². The summed E-state index contributed by atoms with van der Waals surface area (Å²) in [5, 5.41) is 0. The highest BCUT2D eigenvalue weighted by Gasteiger charge is 2.17. The van der Waals surface area contributed by atoms with Crippen LogP contribution in [0.5, 0.6) is 5.75 Å². The fourth-order valence-corrected chi connectivity index (χ4v) is 1.27. The second-order valence-corrected chi connectivity index (χ2v) is 3.23. The van der Waals surface area contributed by atoms with Gasteiger partial charge in [-0.3, -0.25) is 0 Å². The lowest BCUT2D eigenvalue weighted by Gasteiger charge is -2.06. The van der Waals surface area contributed by atoms with Crippen LogP contribution in [0.2, 0.25) is 0 Å². The molecule has 0 saturated carbocycles. The average molecular weight is 210 g/mol. The fraction of sp³-hybridized carbons (Fsp3) is 0.455. The third-order valence-corrected chi connectivity index (χ3v) is 2.13. The molecule has 82 valence electrons. The molecule has 0 radical (unpaired) electrons. The van der Waals surface area contributed by atoms with E-state index in [4.69, 9.17) is 9.57 Å². The van der Waals surface area contributed by atoms with E-state index in [1.165, 1.54) is 11.7 Å². The van der Waals surface area contributed by atoms with E-state index in [0.29, 0.717) is 6.61 Å². The maximum Gasteiger partial charge on any atom is 0.377 e. The molecule has 0 amide bonds. The summed E-state index contributed by atoms with van der Waals surface area (Å²) in [6.45, 7) is 7.74. The first-order valence-electron chi connectivity index (χ1n) is 4.89. The molecule has 0 aliphatic carbocycles. The molecule has 1 rings (SSSR count). The Kier molecular flexibility index (Phi) is 3.66. The topological polar surface area (TPSA) is 39.4 Å². The van der Waals surface area contributed by atoms with Gasteiger partial charge in [0.25, 0.3) is 0 Å². The van der Waals surface area contributed by atoms with E-state index in [2.05, 4.69) is 0 Å². The molecule has 1 aromatic heterocycles. The summed E-state index contributed by atoms with van der Waals surface area (Å²) in [7, 11) is 0. The molecule has 4 nitrogen and oxygen atoms in total. The van der Waals surface area contributed by atoms with Crippen LogP contribution in [0.1, 0.15) is 25.1 Å². The Morgan fingerprint density at radius 3 is 2.67 bits per heavy atom. The van der Waals surface area contributed by atoms with Gasteiger partial charge in [-0.1, -0.05) is 0 Å². The van der Waals surface area contributed by atoms with Crippen LogP contribution >= 0.6 is 0 Å². The Hall–Kier alpha value is -1.58. The minimum Gasteiger partial charge on any atom is -0.493 e. The number of aromatic nitrogens is 1. The highest BCUT2D eigenvalue weighted by Crippen LogP contribution is 2.17. The predicted molar refractivity (Wildman–Crippen MR) is 54.5 cm³/mol. The standard InChI is InChI=1S/C11H16NO3/c1-5-14-11-6-7-12(15-10(4)13)9(3)8(11)2/h6-7H,5H2,1-4H3/q+1. The van der Waals surface area contributed by atoms with Crippen molar-refractivity contribution in [2.75, 3.05) is 6.61 Å². The molecule has 0 bridgehead atoms. The monoisotopic (exact) mass is 210 g/mol. The van der Waals surface area contributed by atoms with E-state index < -0.39 is 0 Å². The Morgan fingerprint density at radius 2 is 2.13 bits per heavy atom. The molecule has 0 saturated heterocycles. The molecule has 1 aromatic rings. The zero-order chi connectivity index (χ0) is 11.4. The third-order valence-electron chi connectivity index (χ3n) is 2.13. The fourth-order valence-electron chi connectivity index (χ4n) is 1.27. The molecular formula is C11H16NO3+. The SMILES string of the molecule is CCOc1cc[n+](OC(C)=O)c(C)c1C. The van der Waals surface area contributed by atoms with Gasteiger partial charge in [-0.25, -0.2) is 4.79 Å². The van der Waals surface area contributed by atoms with Crippen molar-refractivity contribution in [1.29, 1.82) is 0 Å². The van der Waals surface area contributed by atoms with Gasteiger partial charge in [-0.2, -0.15) is 4.84 Å². The van der Waals surface area contributed by atoms with Gasteiger partial charge >= 0.3 is 5.97 Å². The Balaban J connectivity index is 3.03. The molecule has 0 aromatic carbocycles. The van der Waals surface area contributed by atoms with Crippen molar-refractivity contribution in [2.24, 2.45) is 0 Å². The number of ether oxygens (including phenoxy) is 1. The first-order valence-corrected chi connectivity index (χ1v) is 4.89. The molecular weight excluding hydrogens is 194 g/mol. The summed E-state index contributed by atoms with van der Waals surface area (Å²) in [4.78, 5) is 15.8. The van der Waals surface area contributed by atoms with Crippen molar-refractivity contribution in [2.45, 2.75) is 27.7 Å². The van der Waals surface area contributed by atoms with Crippen molar-refractivity contribution < 1.29 is 19.1 Å². The van der Waals surface area contributed by atoms with Gasteiger partial charge < -0.3 is 4.74 Å². The van der Waals surface area contributed by atoms with Crippen LogP contribution < -0.4 is 14.3 Å². The van der Waals surface area contributed by atoms with Gasteiger partial charge in [0.2, 0.25) is 11.9 Å². The van der Waals surface area contributed by atoms with Gasteiger partial charge in [0, 0.05) is 24.6 Å². The van der Waals surface area contributed by atoms with E-state index in [9.17, 15) is 4.79 Å². The Bertz CT molecular complexity index is 374. The smallest absolute Gasteiger partial charge is 0.377 e. The van der Waals surface area contributed by atoms with E-state index in [1.54, 1.807) is 12.3 Å². The Morgan fingerprint density at radius 1 is 1.47 bits per heavy atom. The predicted octanol–water partition coefficient (Wildman–Crippen LogP) is 0.965. The zero-order valence-electron chi connectivity index (χ0n) is 9.53. The molecule has 0 fully saturated rings. The van der Waals surface area contributed by atoms with Crippen molar-refractivity contribution in [3.63, 3.8) is 0 Å². The van der Waals surface area contributed by atoms with Crippen molar-refractivity contribution in [3.8, 4) is 5.75 Å². The lowest BCUT2D eigenvalue weighted by atomic mass is 10.2. The maximum absolute atomic E-state index is 10.8. The Labute approximate surface area is 89.4 Å². The third kappa shape index (κ3) is 2.68. The highest BCUT2D eigenvalue weighted by atomic mass is 16.7. The zero-order valence-corrected chi connectivity index (χ0v) is 9.53. The molecule has 0 aliphatic heterocycles. The number of hydrogen-bond donors (Lipinski definition) is 0. The van der Waals surface area contributed by atoms with Crippen molar-refractivity contribution in [3.05, 3.63) is 23.5 Å². The molecule has 0 spiro atoms. The van der Waals surface area contributed by atoms with Gasteiger partial charge in [-0.05, 0) is 13.8 Å². The summed E-state index contributed by atoms with van der Waals surface area (Å²) in [5.41, 5.74) is 1.83. The molecule has 4 heteroatoms. The molecule has 15 heavy (non-hydrogen) atoms. The second kappa shape index (κ2) is 4.77. The van der Waals surface area contributed by atoms with Crippen molar-refractivity contribution >= 4 is 5.97 Å². The van der Waals surface area contributed by atoms with Crippen LogP contribution in [0.4, 0.5) is 0 Å². The van der Waals surface area contributed by atoms with Gasteiger partial charge in [-0.15, -0.1) is 0 Å². The van der Waals surface area contributed by atoms with E-state index >= 15 is 0 Å². The number of carbonyl (C=O) groups is 1. The molecule has 0 N–H and O–H groups in total. The van der Waals surface area contributed by atoms with Crippen molar-refractivity contribution in [1.82, 2.24) is 0 Å². The van der Waals surface area contributed by atoms with Crippen LogP contribution in [-0.4, -0.2) is 12.6 Å². The van der Waals surface area contributed by atoms with Gasteiger partial charge in [0.15, 0.2) is 0 Å². The van der Waals surface area contributed by atoms with E-state index in [-0.39, 0.29) is 5.97 Å². The van der Waals surface area contributed by atoms with E-state index in [0.717, 1.165) is 17.0 Å². The van der Waals surface area contributed by atoms with Crippen LogP contribution in [0.3, 0.4) is 0 Å². The summed E-state index contributed by atoms with van der Waals surface area (Å²) < 4.78 is 6.87. The molecule has 0 unspecified atom stereocenters. The summed E-state index contributed by atoms with van der Waals surface area (Å²) in [6, 6.07) is 1.79. The summed E-state index contributed by atoms with van der Waals surface area (Å²) in [6.07, 6.45) is 1.68. The highest BCUT2D eigenvalue weighted by molar-refractivity contribution is 5.65. The number of rotatable bonds is 3. The van der Waals surface area contributed by atoms with E-state index in [1.807, 2.05) is 20.8 Å². The normalized spacial score (nSPS) is 9.87.